The van der Waals surface area contributed by atoms with Crippen LogP contribution in [0.5, 0.6) is 0 Å². The number of ether oxygens (including phenoxy) is 1. The highest BCUT2D eigenvalue weighted by Gasteiger charge is 2.28. The Labute approximate surface area is 170 Å². The zero-order chi connectivity index (χ0) is 20.8. The number of piperidine rings is 2. The van der Waals surface area contributed by atoms with Gasteiger partial charge in [-0.25, -0.2) is 16.8 Å². The molecule has 0 aromatic carbocycles. The summed E-state index contributed by atoms with van der Waals surface area (Å²) < 4.78 is 51.0. The van der Waals surface area contributed by atoms with E-state index < -0.39 is 26.0 Å². The van der Waals surface area contributed by atoms with Crippen LogP contribution in [0, 0.1) is 11.8 Å². The number of hydrogen-bond acceptors (Lipinski definition) is 8. The number of aliphatic hydroxyl groups excluding tert-OH is 1. The van der Waals surface area contributed by atoms with E-state index in [0.29, 0.717) is 32.2 Å². The van der Waals surface area contributed by atoms with Crippen molar-refractivity contribution in [1.29, 1.82) is 0 Å². The van der Waals surface area contributed by atoms with Crippen LogP contribution in [0.15, 0.2) is 0 Å². The summed E-state index contributed by atoms with van der Waals surface area (Å²) >= 11 is 0. The van der Waals surface area contributed by atoms with Crippen LogP contribution in [0.3, 0.4) is 0 Å². The Morgan fingerprint density at radius 3 is 2.07 bits per heavy atom. The van der Waals surface area contributed by atoms with E-state index >= 15 is 0 Å². The quantitative estimate of drug-likeness (QED) is 0.467. The first-order valence-electron chi connectivity index (χ1n) is 10.1. The van der Waals surface area contributed by atoms with E-state index in [9.17, 15) is 21.9 Å². The molecule has 28 heavy (non-hydrogen) atoms. The smallest absolute Gasteiger partial charge is 0.158 e. The first-order chi connectivity index (χ1) is 13.0. The highest BCUT2D eigenvalue weighted by Crippen LogP contribution is 2.23. The second-order valence-electron chi connectivity index (χ2n) is 8.47. The van der Waals surface area contributed by atoms with Crippen molar-refractivity contribution in [1.82, 2.24) is 9.80 Å². The molecular weight excluding hydrogens is 404 g/mol. The molecule has 10 heteroatoms. The largest absolute Gasteiger partial charge is 0.368 e. The third kappa shape index (κ3) is 9.49. The lowest BCUT2D eigenvalue weighted by molar-refractivity contribution is -0.155. The first-order valence-corrected chi connectivity index (χ1v) is 14.2. The molecule has 0 aromatic rings. The molecule has 0 bridgehead atoms. The molecule has 2 heterocycles. The van der Waals surface area contributed by atoms with E-state index in [2.05, 4.69) is 9.80 Å². The summed E-state index contributed by atoms with van der Waals surface area (Å²) in [4.78, 5) is 4.27. The molecule has 2 rings (SSSR count). The normalized spacial score (nSPS) is 25.0. The minimum Gasteiger partial charge on any atom is -0.368 e. The van der Waals surface area contributed by atoms with E-state index in [1.54, 1.807) is 0 Å². The summed E-state index contributed by atoms with van der Waals surface area (Å²) in [6.07, 6.45) is 5.42. The summed E-state index contributed by atoms with van der Waals surface area (Å²) in [5.41, 5.74) is 0. The van der Waals surface area contributed by atoms with E-state index in [4.69, 9.17) is 4.74 Å². The molecule has 2 aliphatic rings. The van der Waals surface area contributed by atoms with Crippen molar-refractivity contribution in [2.75, 3.05) is 69.9 Å². The second kappa shape index (κ2) is 10.7. The molecule has 0 saturated carbocycles. The second-order valence-corrected chi connectivity index (χ2v) is 13.0. The van der Waals surface area contributed by atoms with Crippen LogP contribution in [0.2, 0.25) is 0 Å². The average molecular weight is 441 g/mol. The van der Waals surface area contributed by atoms with Crippen LogP contribution in [0.4, 0.5) is 0 Å². The SMILES string of the molecule is CS(=O)(=O)CCN1CCC(COC(O)C2CCCN(CCS(C)(=O)=O)C2)CC1. The Balaban J connectivity index is 1.66. The Kier molecular flexibility index (Phi) is 9.15. The molecule has 8 nitrogen and oxygen atoms in total. The molecule has 1 N–H and O–H groups in total. The van der Waals surface area contributed by atoms with Crippen molar-refractivity contribution in [2.45, 2.75) is 32.0 Å². The van der Waals surface area contributed by atoms with E-state index in [-0.39, 0.29) is 17.4 Å². The van der Waals surface area contributed by atoms with Gasteiger partial charge in [0.1, 0.15) is 19.7 Å². The van der Waals surface area contributed by atoms with Crippen LogP contribution in [0.25, 0.3) is 0 Å². The van der Waals surface area contributed by atoms with Gasteiger partial charge in [0, 0.05) is 38.1 Å². The summed E-state index contributed by atoms with van der Waals surface area (Å²) in [6.45, 7) is 4.87. The number of nitrogens with zero attached hydrogens (tertiary/aromatic N) is 2. The van der Waals surface area contributed by atoms with Gasteiger partial charge in [0.2, 0.25) is 0 Å². The fraction of sp³-hybridized carbons (Fsp3) is 1.00. The standard InChI is InChI=1S/C18H36N2O6S2/c1-27(22,23)12-10-19-8-5-16(6-9-19)15-26-18(21)17-4-3-7-20(14-17)11-13-28(2,24)25/h16-18,21H,3-15H2,1-2H3. The fourth-order valence-electron chi connectivity index (χ4n) is 3.86. The molecular formula is C18H36N2O6S2. The third-order valence-corrected chi connectivity index (χ3v) is 7.56. The topological polar surface area (TPSA) is 104 Å². The van der Waals surface area contributed by atoms with Gasteiger partial charge in [0.25, 0.3) is 0 Å². The lowest BCUT2D eigenvalue weighted by atomic mass is 9.96. The lowest BCUT2D eigenvalue weighted by Crippen LogP contribution is -2.43. The van der Waals surface area contributed by atoms with Gasteiger partial charge in [-0.05, 0) is 51.2 Å². The number of sulfone groups is 2. The Morgan fingerprint density at radius 1 is 0.929 bits per heavy atom. The first kappa shape index (κ1) is 24.0. The van der Waals surface area contributed by atoms with Crippen LogP contribution in [0.1, 0.15) is 25.7 Å². The summed E-state index contributed by atoms with van der Waals surface area (Å²) in [7, 11) is -5.90. The van der Waals surface area contributed by atoms with Gasteiger partial charge in [-0.2, -0.15) is 0 Å². The minimum absolute atomic E-state index is 0.0168. The van der Waals surface area contributed by atoms with Crippen molar-refractivity contribution in [2.24, 2.45) is 11.8 Å². The van der Waals surface area contributed by atoms with Gasteiger partial charge in [0.05, 0.1) is 18.1 Å². The molecule has 2 atom stereocenters. The van der Waals surface area contributed by atoms with E-state index in [1.165, 1.54) is 12.5 Å². The molecule has 0 amide bonds. The Hall–Kier alpha value is -0.260. The predicted molar refractivity (Wildman–Crippen MR) is 110 cm³/mol. The van der Waals surface area contributed by atoms with Crippen LogP contribution < -0.4 is 0 Å². The van der Waals surface area contributed by atoms with Crippen molar-refractivity contribution in [3.05, 3.63) is 0 Å². The average Bonchev–Trinajstić information content (AvgIpc) is 2.62. The number of rotatable bonds is 10. The van der Waals surface area contributed by atoms with Gasteiger partial charge < -0.3 is 19.6 Å². The maximum Gasteiger partial charge on any atom is 0.158 e. The number of aliphatic hydroxyl groups is 1. The van der Waals surface area contributed by atoms with Crippen LogP contribution >= 0.6 is 0 Å². The predicted octanol–water partition coefficient (Wildman–Crippen LogP) is -0.165. The Bertz CT molecular complexity index is 674. The monoisotopic (exact) mass is 440 g/mol. The molecule has 0 radical (unpaired) electrons. The Morgan fingerprint density at radius 2 is 1.50 bits per heavy atom. The lowest BCUT2D eigenvalue weighted by Gasteiger charge is -2.36. The zero-order valence-corrected chi connectivity index (χ0v) is 18.8. The molecule has 2 fully saturated rings. The highest BCUT2D eigenvalue weighted by atomic mass is 32.2. The summed E-state index contributed by atoms with van der Waals surface area (Å²) in [6, 6.07) is 0. The van der Waals surface area contributed by atoms with Crippen molar-refractivity contribution >= 4 is 19.7 Å². The molecule has 0 aliphatic carbocycles. The molecule has 2 saturated heterocycles. The van der Waals surface area contributed by atoms with Crippen molar-refractivity contribution in [3.8, 4) is 0 Å². The van der Waals surface area contributed by atoms with E-state index in [1.807, 2.05) is 0 Å². The van der Waals surface area contributed by atoms with Gasteiger partial charge >= 0.3 is 0 Å². The van der Waals surface area contributed by atoms with Crippen LogP contribution in [-0.4, -0.2) is 108 Å². The van der Waals surface area contributed by atoms with Gasteiger partial charge in [-0.1, -0.05) is 0 Å². The maximum atomic E-state index is 11.3. The number of hydrogen-bond donors (Lipinski definition) is 1. The molecule has 2 aliphatic heterocycles. The van der Waals surface area contributed by atoms with E-state index in [0.717, 1.165) is 45.3 Å². The van der Waals surface area contributed by atoms with Gasteiger partial charge in [-0.3, -0.25) is 0 Å². The molecule has 0 aromatic heterocycles. The van der Waals surface area contributed by atoms with Crippen LogP contribution in [-0.2, 0) is 24.4 Å². The van der Waals surface area contributed by atoms with Crippen molar-refractivity contribution in [3.63, 3.8) is 0 Å². The molecule has 2 unspecified atom stereocenters. The summed E-state index contributed by atoms with van der Waals surface area (Å²) in [5, 5.41) is 10.4. The minimum atomic E-state index is -2.98. The highest BCUT2D eigenvalue weighted by molar-refractivity contribution is 7.90. The molecule has 166 valence electrons. The fourth-order valence-corrected chi connectivity index (χ4v) is 5.04. The third-order valence-electron chi connectivity index (χ3n) is 5.71. The van der Waals surface area contributed by atoms with Gasteiger partial charge in [0.15, 0.2) is 6.29 Å². The molecule has 0 spiro atoms. The van der Waals surface area contributed by atoms with Gasteiger partial charge in [-0.15, -0.1) is 0 Å². The van der Waals surface area contributed by atoms with Crippen molar-refractivity contribution < 1.29 is 26.7 Å². The maximum absolute atomic E-state index is 11.3. The zero-order valence-electron chi connectivity index (χ0n) is 17.1. The number of likely N-dealkylation sites (tertiary alicyclic amines) is 2. The summed E-state index contributed by atoms with van der Waals surface area (Å²) in [5.74, 6) is 0.746.